The van der Waals surface area contributed by atoms with E-state index >= 15 is 0 Å². The van der Waals surface area contributed by atoms with Gasteiger partial charge in [-0.3, -0.25) is 24.0 Å². The molecule has 228 valence electrons. The highest BCUT2D eigenvalue weighted by molar-refractivity contribution is 5.69. The Balaban J connectivity index is 2.52. The van der Waals surface area contributed by atoms with Crippen molar-refractivity contribution in [2.24, 2.45) is 22.7 Å². The van der Waals surface area contributed by atoms with Gasteiger partial charge in [-0.05, 0) is 35.5 Å². The molecule has 0 radical (unpaired) electrons. The van der Waals surface area contributed by atoms with Gasteiger partial charge in [0, 0.05) is 52.9 Å². The second-order valence-electron chi connectivity index (χ2n) is 12.2. The second kappa shape index (κ2) is 11.6. The first-order valence-corrected chi connectivity index (χ1v) is 13.8. The molecule has 0 amide bonds. The van der Waals surface area contributed by atoms with Gasteiger partial charge in [0.1, 0.15) is 18.3 Å². The molecule has 0 aliphatic heterocycles. The monoisotopic (exact) mass is 578 g/mol. The Kier molecular flexibility index (Phi) is 9.13. The number of hydrogen-bond donors (Lipinski definition) is 1. The summed E-state index contributed by atoms with van der Waals surface area (Å²) in [4.78, 5) is 62.5. The molecule has 2 bridgehead atoms. The number of rotatable bonds is 5. The molecular formula is C30H42O11. The lowest BCUT2D eigenvalue weighted by atomic mass is 9.48. The van der Waals surface area contributed by atoms with E-state index in [4.69, 9.17) is 23.7 Å². The number of hydrogen-bond acceptors (Lipinski definition) is 11. The van der Waals surface area contributed by atoms with Gasteiger partial charge in [-0.1, -0.05) is 27.4 Å². The predicted octanol–water partition coefficient (Wildman–Crippen LogP) is 2.96. The van der Waals surface area contributed by atoms with Gasteiger partial charge < -0.3 is 28.8 Å². The average molecular weight is 579 g/mol. The molecule has 3 rings (SSSR count). The third-order valence-electron chi connectivity index (χ3n) is 9.03. The predicted molar refractivity (Wildman–Crippen MR) is 144 cm³/mol. The molecule has 1 N–H and O–H groups in total. The van der Waals surface area contributed by atoms with E-state index in [9.17, 15) is 29.1 Å². The topological polar surface area (TPSA) is 152 Å². The van der Waals surface area contributed by atoms with E-state index in [1.807, 2.05) is 13.8 Å². The Labute approximate surface area is 240 Å². The van der Waals surface area contributed by atoms with Crippen molar-refractivity contribution in [1.29, 1.82) is 0 Å². The zero-order valence-electron chi connectivity index (χ0n) is 25.3. The van der Waals surface area contributed by atoms with Crippen molar-refractivity contribution in [3.63, 3.8) is 0 Å². The highest BCUT2D eigenvalue weighted by Crippen LogP contribution is 2.61. The number of fused-ring (bicyclic) bond motifs is 3. The van der Waals surface area contributed by atoms with Crippen LogP contribution in [0.3, 0.4) is 0 Å². The summed E-state index contributed by atoms with van der Waals surface area (Å²) in [5.74, 6) is -4.65. The highest BCUT2D eigenvalue weighted by atomic mass is 16.6. The van der Waals surface area contributed by atoms with E-state index in [-0.39, 0.29) is 18.4 Å². The van der Waals surface area contributed by atoms with Gasteiger partial charge in [0.25, 0.3) is 0 Å². The van der Waals surface area contributed by atoms with Crippen LogP contribution in [0.15, 0.2) is 23.3 Å². The van der Waals surface area contributed by atoms with Crippen LogP contribution in [0.25, 0.3) is 0 Å². The van der Waals surface area contributed by atoms with E-state index < -0.39 is 89.1 Å². The minimum absolute atomic E-state index is 0.0784. The van der Waals surface area contributed by atoms with Crippen molar-refractivity contribution in [3.05, 3.63) is 23.3 Å². The summed E-state index contributed by atoms with van der Waals surface area (Å²) in [6.45, 7) is 17.6. The lowest BCUT2D eigenvalue weighted by Crippen LogP contribution is -2.68. The molecule has 3 aliphatic rings. The van der Waals surface area contributed by atoms with Crippen LogP contribution in [0.4, 0.5) is 0 Å². The Morgan fingerprint density at radius 1 is 0.780 bits per heavy atom. The molecule has 0 saturated heterocycles. The second-order valence-corrected chi connectivity index (χ2v) is 12.2. The lowest BCUT2D eigenvalue weighted by molar-refractivity contribution is -0.228. The molecule has 0 aromatic heterocycles. The van der Waals surface area contributed by atoms with Gasteiger partial charge in [-0.25, -0.2) is 0 Å². The van der Waals surface area contributed by atoms with E-state index in [0.29, 0.717) is 11.1 Å². The molecule has 9 atom stereocenters. The largest absolute Gasteiger partial charge is 0.462 e. The zero-order chi connectivity index (χ0) is 31.2. The van der Waals surface area contributed by atoms with Crippen LogP contribution in [0.5, 0.6) is 0 Å². The highest BCUT2D eigenvalue weighted by Gasteiger charge is 2.67. The molecule has 3 aliphatic carbocycles. The molecule has 11 nitrogen and oxygen atoms in total. The summed E-state index contributed by atoms with van der Waals surface area (Å²) in [5.41, 5.74) is -0.845. The lowest BCUT2D eigenvalue weighted by Gasteiger charge is -2.61. The number of carbonyl (C=O) groups is 5. The van der Waals surface area contributed by atoms with Gasteiger partial charge in [0.05, 0.1) is 11.5 Å². The zero-order valence-corrected chi connectivity index (χ0v) is 25.3. The molecule has 11 heteroatoms. The summed E-state index contributed by atoms with van der Waals surface area (Å²) < 4.78 is 29.5. The fourth-order valence-corrected chi connectivity index (χ4v) is 7.49. The smallest absolute Gasteiger partial charge is 0.303 e. The molecule has 2 saturated carbocycles. The fourth-order valence-electron chi connectivity index (χ4n) is 7.49. The van der Waals surface area contributed by atoms with Gasteiger partial charge in [0.15, 0.2) is 12.2 Å². The number of aliphatic hydroxyl groups is 1. The van der Waals surface area contributed by atoms with Crippen LogP contribution in [0.1, 0.15) is 75.2 Å². The maximum Gasteiger partial charge on any atom is 0.303 e. The van der Waals surface area contributed by atoms with E-state index in [1.165, 1.54) is 34.6 Å². The first kappa shape index (κ1) is 32.3. The van der Waals surface area contributed by atoms with Gasteiger partial charge in [-0.15, -0.1) is 0 Å². The Morgan fingerprint density at radius 2 is 1.29 bits per heavy atom. The summed E-state index contributed by atoms with van der Waals surface area (Å²) >= 11 is 0. The maximum absolute atomic E-state index is 12.7. The SMILES string of the molecule is C=C1C(O)CC(OC(C)=O)[C@@]2(C)C(OC(C)=O)C(OC(C)=O)C3=C(C)C(OC(C)=O)C[C@@H](C(OC(C)=O)[C@H]12)C3(C)C. The third-order valence-corrected chi connectivity index (χ3v) is 9.03. The molecule has 0 spiro atoms. The van der Waals surface area contributed by atoms with Gasteiger partial charge in [0.2, 0.25) is 0 Å². The van der Waals surface area contributed by atoms with Crippen LogP contribution in [0.2, 0.25) is 0 Å². The maximum atomic E-state index is 12.7. The van der Waals surface area contributed by atoms with Crippen molar-refractivity contribution in [1.82, 2.24) is 0 Å². The molecule has 2 fully saturated rings. The van der Waals surface area contributed by atoms with Crippen molar-refractivity contribution in [2.75, 3.05) is 0 Å². The summed E-state index contributed by atoms with van der Waals surface area (Å²) in [6.07, 6.45) is -6.33. The van der Waals surface area contributed by atoms with Crippen LogP contribution in [-0.2, 0) is 47.7 Å². The first-order valence-electron chi connectivity index (χ1n) is 13.8. The van der Waals surface area contributed by atoms with Crippen LogP contribution in [-0.4, -0.2) is 71.6 Å². The van der Waals surface area contributed by atoms with Crippen molar-refractivity contribution < 1.29 is 52.8 Å². The Bertz CT molecular complexity index is 1170. The molecule has 6 unspecified atom stereocenters. The summed E-state index contributed by atoms with van der Waals surface area (Å²) in [7, 11) is 0. The van der Waals surface area contributed by atoms with E-state index in [1.54, 1.807) is 13.8 Å². The normalized spacial score (nSPS) is 36.1. The van der Waals surface area contributed by atoms with Crippen LogP contribution < -0.4 is 0 Å². The third kappa shape index (κ3) is 5.91. The van der Waals surface area contributed by atoms with Crippen LogP contribution in [0, 0.1) is 22.7 Å². The molecule has 0 heterocycles. The van der Waals surface area contributed by atoms with Crippen LogP contribution >= 0.6 is 0 Å². The van der Waals surface area contributed by atoms with Crippen molar-refractivity contribution >= 4 is 29.8 Å². The van der Waals surface area contributed by atoms with Gasteiger partial charge >= 0.3 is 29.8 Å². The molecule has 0 aromatic carbocycles. The number of aliphatic hydroxyl groups excluding tert-OH is 1. The quantitative estimate of drug-likeness (QED) is 0.291. The number of esters is 5. The van der Waals surface area contributed by atoms with E-state index in [2.05, 4.69) is 6.58 Å². The minimum atomic E-state index is -1.40. The minimum Gasteiger partial charge on any atom is -0.462 e. The fraction of sp³-hybridized carbons (Fsp3) is 0.700. The Morgan fingerprint density at radius 3 is 1.78 bits per heavy atom. The molecule has 41 heavy (non-hydrogen) atoms. The summed E-state index contributed by atoms with van der Waals surface area (Å²) in [5, 5.41) is 11.2. The molecular weight excluding hydrogens is 536 g/mol. The standard InChI is InChI=1S/C30H42O11/c1-13-21(36)12-23(38-16(4)32)30(10)25(13)26(39-17(5)33)20-11-22(37-15(3)31)14(2)24(29(20,8)9)27(40-18(6)34)28(30)41-19(7)35/h20-23,25-28,36H,1,11-12H2,2-10H3/t20-,21?,22?,23?,25-,26?,27?,28?,30+/m0/s1. The van der Waals surface area contributed by atoms with E-state index in [0.717, 1.165) is 0 Å². The first-order chi connectivity index (χ1) is 18.8. The summed E-state index contributed by atoms with van der Waals surface area (Å²) in [6, 6.07) is 0. The van der Waals surface area contributed by atoms with Gasteiger partial charge in [-0.2, -0.15) is 0 Å². The van der Waals surface area contributed by atoms with Crippen molar-refractivity contribution in [2.45, 2.75) is 112 Å². The van der Waals surface area contributed by atoms with Crippen molar-refractivity contribution in [3.8, 4) is 0 Å². The average Bonchev–Trinajstić information content (AvgIpc) is 2.80. The Hall–Kier alpha value is -3.21. The molecule has 0 aromatic rings. The number of carbonyl (C=O) groups excluding carboxylic acids is 5. The number of ether oxygens (including phenoxy) is 5.